The highest BCUT2D eigenvalue weighted by atomic mass is 16.3. The molecule has 0 aliphatic heterocycles. The monoisotopic (exact) mass is 333 g/mol. The number of benzene rings is 2. The average molecular weight is 333 g/mol. The van der Waals surface area contributed by atoms with E-state index >= 15 is 0 Å². The average Bonchev–Trinajstić information content (AvgIpc) is 2.93. The van der Waals surface area contributed by atoms with Gasteiger partial charge in [0.15, 0.2) is 11.6 Å². The maximum Gasteiger partial charge on any atom is 0.169 e. The predicted octanol–water partition coefficient (Wildman–Crippen LogP) is 2.08. The molecule has 0 saturated heterocycles. The minimum Gasteiger partial charge on any atom is -0.506 e. The molecule has 0 radical (unpaired) electrons. The van der Waals surface area contributed by atoms with Gasteiger partial charge in [0, 0.05) is 12.6 Å². The van der Waals surface area contributed by atoms with Gasteiger partial charge in [0.05, 0.1) is 18.1 Å². The van der Waals surface area contributed by atoms with E-state index in [2.05, 4.69) is 23.2 Å². The van der Waals surface area contributed by atoms with Gasteiger partial charge in [-0.3, -0.25) is 0 Å². The molecule has 1 aromatic heterocycles. The zero-order chi connectivity index (χ0) is 17.8. The highest BCUT2D eigenvalue weighted by Crippen LogP contribution is 2.21. The van der Waals surface area contributed by atoms with Crippen molar-refractivity contribution in [3.05, 3.63) is 71.7 Å². The molecule has 3 aromatic rings. The molecule has 0 fully saturated rings. The molecule has 2 aromatic carbocycles. The minimum atomic E-state index is 0.0642. The molecule has 2 N–H and O–H groups in total. The Morgan fingerprint density at radius 3 is 2.52 bits per heavy atom. The number of rotatable bonds is 5. The van der Waals surface area contributed by atoms with Gasteiger partial charge in [-0.25, -0.2) is 4.98 Å². The smallest absolute Gasteiger partial charge is 0.169 e. The number of hydrogen-bond acceptors (Lipinski definition) is 3. The number of nitrogens with one attached hydrogen (secondary N) is 1. The van der Waals surface area contributed by atoms with Crippen LogP contribution in [0.4, 0.5) is 0 Å². The van der Waals surface area contributed by atoms with Crippen LogP contribution >= 0.6 is 0 Å². The Hall–Kier alpha value is -3.10. The number of quaternary nitrogens is 1. The molecule has 0 saturated carbocycles. The molecule has 0 spiro atoms. The van der Waals surface area contributed by atoms with Gasteiger partial charge in [0.2, 0.25) is 0 Å². The third kappa shape index (κ3) is 3.54. The fraction of sp³-hybridized carbons (Fsp3) is 0.200. The Balaban J connectivity index is 1.87. The summed E-state index contributed by atoms with van der Waals surface area (Å²) in [6.45, 7) is 1.13. The molecule has 126 valence electrons. The number of nitriles is 1. The molecule has 25 heavy (non-hydrogen) atoms. The molecule has 1 heterocycles. The summed E-state index contributed by atoms with van der Waals surface area (Å²) in [6, 6.07) is 19.9. The summed E-state index contributed by atoms with van der Waals surface area (Å²) in [5.74, 6) is 0.558. The van der Waals surface area contributed by atoms with E-state index in [0.29, 0.717) is 12.4 Å². The first-order chi connectivity index (χ1) is 12.1. The van der Waals surface area contributed by atoms with Crippen LogP contribution in [0.2, 0.25) is 0 Å². The summed E-state index contributed by atoms with van der Waals surface area (Å²) in [4.78, 5) is 5.60. The van der Waals surface area contributed by atoms with E-state index in [1.54, 1.807) is 0 Å². The number of hydrogen-bond donors (Lipinski definition) is 2. The van der Waals surface area contributed by atoms with Crippen LogP contribution < -0.4 is 4.90 Å². The van der Waals surface area contributed by atoms with Crippen molar-refractivity contribution in [2.24, 2.45) is 7.05 Å². The SMILES string of the molecule is Cn1c(/C(C#N)=C(\O)C[NH+](C)Cc2ccccc2)nc2ccccc21. The van der Waals surface area contributed by atoms with Gasteiger partial charge < -0.3 is 14.6 Å². The lowest BCUT2D eigenvalue weighted by Crippen LogP contribution is -3.07. The van der Waals surface area contributed by atoms with E-state index in [9.17, 15) is 10.4 Å². The molecule has 5 nitrogen and oxygen atoms in total. The molecular formula is C20H21N4O+. The molecule has 0 aliphatic rings. The van der Waals surface area contributed by atoms with E-state index in [4.69, 9.17) is 0 Å². The van der Waals surface area contributed by atoms with E-state index in [-0.39, 0.29) is 11.3 Å². The first-order valence-electron chi connectivity index (χ1n) is 8.19. The number of para-hydroxylation sites is 2. The molecular weight excluding hydrogens is 312 g/mol. The van der Waals surface area contributed by atoms with Gasteiger partial charge in [-0.2, -0.15) is 5.26 Å². The summed E-state index contributed by atoms with van der Waals surface area (Å²) in [5, 5.41) is 20.1. The van der Waals surface area contributed by atoms with Crippen molar-refractivity contribution in [1.82, 2.24) is 9.55 Å². The molecule has 0 aliphatic carbocycles. The highest BCUT2D eigenvalue weighted by Gasteiger charge is 2.18. The number of fused-ring (bicyclic) bond motifs is 1. The molecule has 1 unspecified atom stereocenters. The predicted molar refractivity (Wildman–Crippen MR) is 97.8 cm³/mol. The van der Waals surface area contributed by atoms with Crippen LogP contribution in [-0.4, -0.2) is 28.3 Å². The summed E-state index contributed by atoms with van der Waals surface area (Å²) >= 11 is 0. The summed E-state index contributed by atoms with van der Waals surface area (Å²) in [6.07, 6.45) is 0. The largest absolute Gasteiger partial charge is 0.506 e. The lowest BCUT2D eigenvalue weighted by molar-refractivity contribution is -0.890. The van der Waals surface area contributed by atoms with Gasteiger partial charge in [0.1, 0.15) is 24.7 Å². The number of aryl methyl sites for hydroxylation is 1. The lowest BCUT2D eigenvalue weighted by Gasteiger charge is -2.14. The fourth-order valence-electron chi connectivity index (χ4n) is 2.99. The summed E-state index contributed by atoms with van der Waals surface area (Å²) < 4.78 is 1.84. The van der Waals surface area contributed by atoms with Crippen LogP contribution in [0.1, 0.15) is 11.4 Å². The maximum atomic E-state index is 10.5. The molecule has 0 amide bonds. The molecule has 0 bridgehead atoms. The normalized spacial score (nSPS) is 13.3. The van der Waals surface area contributed by atoms with Crippen LogP contribution in [0.25, 0.3) is 16.6 Å². The standard InChI is InChI=1S/C20H20N4O/c1-23(13-15-8-4-3-5-9-15)14-19(25)16(12-21)20-22-17-10-6-7-11-18(17)24(20)2/h3-11,25H,13-14H2,1-2H3/p+1/b19-16-. The number of allylic oxidation sites excluding steroid dienone is 1. The van der Waals surface area contributed by atoms with Crippen LogP contribution in [0.15, 0.2) is 60.4 Å². The van der Waals surface area contributed by atoms with Gasteiger partial charge in [0.25, 0.3) is 0 Å². The van der Waals surface area contributed by atoms with Gasteiger partial charge in [-0.05, 0) is 12.1 Å². The van der Waals surface area contributed by atoms with Crippen LogP contribution in [0.5, 0.6) is 0 Å². The fourth-order valence-corrected chi connectivity index (χ4v) is 2.99. The van der Waals surface area contributed by atoms with Gasteiger partial charge in [-0.15, -0.1) is 0 Å². The van der Waals surface area contributed by atoms with Gasteiger partial charge in [-0.1, -0.05) is 42.5 Å². The van der Waals surface area contributed by atoms with Crippen molar-refractivity contribution in [2.75, 3.05) is 13.6 Å². The zero-order valence-electron chi connectivity index (χ0n) is 14.4. The Kier molecular flexibility index (Phi) is 4.82. The quantitative estimate of drug-likeness (QED) is 0.555. The zero-order valence-corrected chi connectivity index (χ0v) is 14.4. The lowest BCUT2D eigenvalue weighted by atomic mass is 10.2. The van der Waals surface area contributed by atoms with Gasteiger partial charge >= 0.3 is 0 Å². The second-order valence-corrected chi connectivity index (χ2v) is 6.21. The minimum absolute atomic E-state index is 0.0642. The first-order valence-corrected chi connectivity index (χ1v) is 8.19. The third-order valence-electron chi connectivity index (χ3n) is 4.23. The summed E-state index contributed by atoms with van der Waals surface area (Å²) in [7, 11) is 3.85. The molecule has 5 heteroatoms. The Morgan fingerprint density at radius 1 is 1.16 bits per heavy atom. The van der Waals surface area contributed by atoms with E-state index in [1.165, 1.54) is 5.56 Å². The van der Waals surface area contributed by atoms with Crippen molar-refractivity contribution in [2.45, 2.75) is 6.54 Å². The number of aliphatic hydroxyl groups is 1. The van der Waals surface area contributed by atoms with Crippen molar-refractivity contribution in [3.8, 4) is 6.07 Å². The van der Waals surface area contributed by atoms with E-state index in [1.807, 2.05) is 61.1 Å². The molecule has 1 atom stereocenters. The number of imidazole rings is 1. The topological polar surface area (TPSA) is 66.3 Å². The van der Waals surface area contributed by atoms with Crippen LogP contribution in [-0.2, 0) is 13.6 Å². The second-order valence-electron chi connectivity index (χ2n) is 6.21. The highest BCUT2D eigenvalue weighted by molar-refractivity contribution is 5.83. The maximum absolute atomic E-state index is 10.5. The Morgan fingerprint density at radius 2 is 1.84 bits per heavy atom. The van der Waals surface area contributed by atoms with Crippen molar-refractivity contribution in [3.63, 3.8) is 0 Å². The second kappa shape index (κ2) is 7.20. The Bertz CT molecular complexity index is 951. The summed E-state index contributed by atoms with van der Waals surface area (Å²) in [5.41, 5.74) is 3.16. The van der Waals surface area contributed by atoms with E-state index in [0.717, 1.165) is 22.5 Å². The van der Waals surface area contributed by atoms with Crippen LogP contribution in [0.3, 0.4) is 0 Å². The van der Waals surface area contributed by atoms with Crippen LogP contribution in [0, 0.1) is 11.3 Å². The van der Waals surface area contributed by atoms with E-state index < -0.39 is 0 Å². The van der Waals surface area contributed by atoms with Crippen molar-refractivity contribution < 1.29 is 10.0 Å². The Labute approximate surface area is 147 Å². The van der Waals surface area contributed by atoms with Crippen molar-refractivity contribution >= 4 is 16.6 Å². The number of aromatic nitrogens is 2. The van der Waals surface area contributed by atoms with Crippen molar-refractivity contribution in [1.29, 1.82) is 5.26 Å². The third-order valence-corrected chi connectivity index (χ3v) is 4.23. The number of likely N-dealkylation sites (N-methyl/N-ethyl adjacent to an activating group) is 1. The number of aliphatic hydroxyl groups excluding tert-OH is 1. The first kappa shape index (κ1) is 16.7. The number of nitrogens with zero attached hydrogens (tertiary/aromatic N) is 3. The molecule has 3 rings (SSSR count).